The van der Waals surface area contributed by atoms with E-state index in [1.165, 1.54) is 37.0 Å². The van der Waals surface area contributed by atoms with Gasteiger partial charge < -0.3 is 0 Å². The number of rotatable bonds is 2. The largest absolute Gasteiger partial charge is 0.0897 e. The summed E-state index contributed by atoms with van der Waals surface area (Å²) >= 11 is 5.22. The summed E-state index contributed by atoms with van der Waals surface area (Å²) in [5.74, 6) is 1.73. The highest BCUT2D eigenvalue weighted by atomic mass is 32.1. The second-order valence-corrected chi connectivity index (χ2v) is 4.39. The standard InChI is InChI=1S/C10H18S/c1-3-9-5-4-6-10(7-9)8(2)11/h9-10H,3-7H2,1-2H3. The van der Waals surface area contributed by atoms with Crippen LogP contribution < -0.4 is 0 Å². The highest BCUT2D eigenvalue weighted by molar-refractivity contribution is 7.80. The molecule has 1 saturated carbocycles. The van der Waals surface area contributed by atoms with E-state index in [0.29, 0.717) is 0 Å². The highest BCUT2D eigenvalue weighted by Crippen LogP contribution is 2.31. The Balaban J connectivity index is 2.39. The molecule has 2 unspecified atom stereocenters. The topological polar surface area (TPSA) is 0 Å². The van der Waals surface area contributed by atoms with Gasteiger partial charge in [0.2, 0.25) is 0 Å². The van der Waals surface area contributed by atoms with Crippen molar-refractivity contribution < 1.29 is 0 Å². The molecule has 0 radical (unpaired) electrons. The van der Waals surface area contributed by atoms with Crippen LogP contribution in [-0.4, -0.2) is 4.86 Å². The van der Waals surface area contributed by atoms with Gasteiger partial charge in [0.1, 0.15) is 0 Å². The van der Waals surface area contributed by atoms with Crippen molar-refractivity contribution in [2.45, 2.75) is 46.0 Å². The van der Waals surface area contributed by atoms with Crippen LogP contribution >= 0.6 is 12.2 Å². The molecule has 0 heterocycles. The van der Waals surface area contributed by atoms with Gasteiger partial charge in [0.15, 0.2) is 0 Å². The zero-order chi connectivity index (χ0) is 8.27. The second kappa shape index (κ2) is 4.20. The molecular formula is C10H18S. The predicted octanol–water partition coefficient (Wildman–Crippen LogP) is 3.59. The molecule has 0 amide bonds. The number of hydrogen-bond donors (Lipinski definition) is 0. The molecule has 1 aliphatic rings. The molecule has 0 aromatic rings. The average Bonchev–Trinajstić information content (AvgIpc) is 2.05. The van der Waals surface area contributed by atoms with Crippen LogP contribution in [0.3, 0.4) is 0 Å². The molecule has 2 atom stereocenters. The fourth-order valence-electron chi connectivity index (χ4n) is 2.03. The van der Waals surface area contributed by atoms with E-state index >= 15 is 0 Å². The summed E-state index contributed by atoms with van der Waals surface area (Å²) in [6.45, 7) is 4.41. The van der Waals surface area contributed by atoms with Crippen molar-refractivity contribution in [3.8, 4) is 0 Å². The summed E-state index contributed by atoms with van der Waals surface area (Å²) < 4.78 is 0. The molecule has 0 aromatic carbocycles. The van der Waals surface area contributed by atoms with Gasteiger partial charge in [0, 0.05) is 0 Å². The Labute approximate surface area is 75.4 Å². The zero-order valence-corrected chi connectivity index (χ0v) is 8.41. The smallest absolute Gasteiger partial charge is 0.00715 e. The first-order valence-corrected chi connectivity index (χ1v) is 5.15. The molecule has 1 rings (SSSR count). The molecule has 0 bridgehead atoms. The van der Waals surface area contributed by atoms with Crippen molar-refractivity contribution in [3.05, 3.63) is 0 Å². The summed E-state index contributed by atoms with van der Waals surface area (Å²) in [5.41, 5.74) is 0. The van der Waals surface area contributed by atoms with Gasteiger partial charge in [-0.1, -0.05) is 38.4 Å². The van der Waals surface area contributed by atoms with Gasteiger partial charge >= 0.3 is 0 Å². The number of thiocarbonyl (C=S) groups is 1. The van der Waals surface area contributed by atoms with Crippen LogP contribution in [-0.2, 0) is 0 Å². The van der Waals surface area contributed by atoms with Crippen molar-refractivity contribution in [2.24, 2.45) is 11.8 Å². The van der Waals surface area contributed by atoms with Crippen molar-refractivity contribution in [3.63, 3.8) is 0 Å². The quantitative estimate of drug-likeness (QED) is 0.571. The number of hydrogen-bond acceptors (Lipinski definition) is 1. The van der Waals surface area contributed by atoms with E-state index in [0.717, 1.165) is 11.8 Å². The maximum absolute atomic E-state index is 5.22. The normalized spacial score (nSPS) is 31.8. The monoisotopic (exact) mass is 170 g/mol. The third-order valence-electron chi connectivity index (χ3n) is 2.94. The molecular weight excluding hydrogens is 152 g/mol. The SMILES string of the molecule is CCC1CCCC(C(C)=S)C1. The van der Waals surface area contributed by atoms with Crippen molar-refractivity contribution in [1.82, 2.24) is 0 Å². The Morgan fingerprint density at radius 1 is 1.45 bits per heavy atom. The van der Waals surface area contributed by atoms with Crippen LogP contribution in [0.15, 0.2) is 0 Å². The average molecular weight is 170 g/mol. The van der Waals surface area contributed by atoms with E-state index in [9.17, 15) is 0 Å². The van der Waals surface area contributed by atoms with Gasteiger partial charge in [-0.15, -0.1) is 0 Å². The van der Waals surface area contributed by atoms with Crippen molar-refractivity contribution in [2.75, 3.05) is 0 Å². The van der Waals surface area contributed by atoms with Gasteiger partial charge in [-0.05, 0) is 36.5 Å². The summed E-state index contributed by atoms with van der Waals surface area (Å²) in [5, 5.41) is 0. The van der Waals surface area contributed by atoms with Crippen LogP contribution in [0, 0.1) is 11.8 Å². The minimum atomic E-state index is 0.767. The van der Waals surface area contributed by atoms with Gasteiger partial charge in [0.05, 0.1) is 0 Å². The lowest BCUT2D eigenvalue weighted by Crippen LogP contribution is -2.19. The lowest BCUT2D eigenvalue weighted by atomic mass is 9.79. The van der Waals surface area contributed by atoms with Gasteiger partial charge in [-0.25, -0.2) is 0 Å². The summed E-state index contributed by atoms with van der Waals surface area (Å²) in [7, 11) is 0. The molecule has 0 nitrogen and oxygen atoms in total. The Morgan fingerprint density at radius 3 is 2.73 bits per heavy atom. The highest BCUT2D eigenvalue weighted by Gasteiger charge is 2.21. The first-order chi connectivity index (χ1) is 5.24. The lowest BCUT2D eigenvalue weighted by molar-refractivity contribution is 0.311. The third kappa shape index (κ3) is 2.55. The van der Waals surface area contributed by atoms with E-state index in [1.807, 2.05) is 0 Å². The molecule has 0 saturated heterocycles. The maximum Gasteiger partial charge on any atom is -0.00715 e. The molecule has 0 N–H and O–H groups in total. The van der Waals surface area contributed by atoms with E-state index in [-0.39, 0.29) is 0 Å². The van der Waals surface area contributed by atoms with Crippen LogP contribution in [0.2, 0.25) is 0 Å². The van der Waals surface area contributed by atoms with E-state index in [1.54, 1.807) is 0 Å². The fourth-order valence-corrected chi connectivity index (χ4v) is 2.25. The molecule has 11 heavy (non-hydrogen) atoms. The van der Waals surface area contributed by atoms with Crippen LogP contribution in [0.4, 0.5) is 0 Å². The summed E-state index contributed by atoms with van der Waals surface area (Å²) in [4.78, 5) is 1.24. The molecule has 1 fully saturated rings. The summed E-state index contributed by atoms with van der Waals surface area (Å²) in [6, 6.07) is 0. The minimum absolute atomic E-state index is 0.767. The van der Waals surface area contributed by atoms with E-state index in [2.05, 4.69) is 13.8 Å². The van der Waals surface area contributed by atoms with E-state index < -0.39 is 0 Å². The Hall–Kier alpha value is 0.0900. The first kappa shape index (κ1) is 9.18. The summed E-state index contributed by atoms with van der Waals surface area (Å²) in [6.07, 6.45) is 6.91. The third-order valence-corrected chi connectivity index (χ3v) is 3.27. The van der Waals surface area contributed by atoms with Gasteiger partial charge in [-0.3, -0.25) is 0 Å². The molecule has 0 aromatic heterocycles. The second-order valence-electron chi connectivity index (χ2n) is 3.75. The van der Waals surface area contributed by atoms with Crippen LogP contribution in [0.5, 0.6) is 0 Å². The molecule has 0 aliphatic heterocycles. The first-order valence-electron chi connectivity index (χ1n) is 4.74. The fraction of sp³-hybridized carbons (Fsp3) is 0.900. The maximum atomic E-state index is 5.22. The van der Waals surface area contributed by atoms with Crippen molar-refractivity contribution in [1.29, 1.82) is 0 Å². The van der Waals surface area contributed by atoms with Crippen LogP contribution in [0.1, 0.15) is 46.0 Å². The Kier molecular flexibility index (Phi) is 3.50. The van der Waals surface area contributed by atoms with E-state index in [4.69, 9.17) is 12.2 Å². The Morgan fingerprint density at radius 2 is 2.18 bits per heavy atom. The van der Waals surface area contributed by atoms with Crippen molar-refractivity contribution >= 4 is 17.1 Å². The predicted molar refractivity (Wildman–Crippen MR) is 54.0 cm³/mol. The van der Waals surface area contributed by atoms with Gasteiger partial charge in [0.25, 0.3) is 0 Å². The molecule has 64 valence electrons. The zero-order valence-electron chi connectivity index (χ0n) is 7.60. The lowest BCUT2D eigenvalue weighted by Gasteiger charge is -2.27. The van der Waals surface area contributed by atoms with Crippen LogP contribution in [0.25, 0.3) is 0 Å². The molecule has 1 heteroatoms. The Bertz CT molecular complexity index is 140. The molecule has 1 aliphatic carbocycles. The van der Waals surface area contributed by atoms with Gasteiger partial charge in [-0.2, -0.15) is 0 Å². The molecule has 0 spiro atoms. The minimum Gasteiger partial charge on any atom is -0.0897 e.